The number of hydrogen-bond acceptors (Lipinski definition) is 6. The lowest BCUT2D eigenvalue weighted by atomic mass is 10.2. The molecule has 98 valence electrons. The molecular formula is C9H14O8. The Morgan fingerprint density at radius 3 is 1.18 bits per heavy atom. The Bertz CT molecular complexity index is 289. The van der Waals surface area contributed by atoms with Gasteiger partial charge in [0, 0.05) is 13.8 Å². The monoisotopic (exact) mass is 250 g/mol. The Labute approximate surface area is 97.1 Å². The van der Waals surface area contributed by atoms with E-state index in [0.29, 0.717) is 0 Å². The molecule has 0 amide bonds. The van der Waals surface area contributed by atoms with Gasteiger partial charge in [0.05, 0.1) is 0 Å². The van der Waals surface area contributed by atoms with Crippen molar-refractivity contribution in [3.8, 4) is 0 Å². The van der Waals surface area contributed by atoms with Crippen molar-refractivity contribution in [3.63, 3.8) is 0 Å². The minimum absolute atomic E-state index is 0. The van der Waals surface area contributed by atoms with Crippen LogP contribution in [0.15, 0.2) is 0 Å². The molecule has 8 nitrogen and oxygen atoms in total. The van der Waals surface area contributed by atoms with E-state index in [9.17, 15) is 19.2 Å². The molecule has 8 heteroatoms. The van der Waals surface area contributed by atoms with Crippen LogP contribution in [0.2, 0.25) is 0 Å². The van der Waals surface area contributed by atoms with E-state index in [1.165, 1.54) is 0 Å². The van der Waals surface area contributed by atoms with Gasteiger partial charge in [0.2, 0.25) is 12.2 Å². The summed E-state index contributed by atoms with van der Waals surface area (Å²) in [7, 11) is 0. The summed E-state index contributed by atoms with van der Waals surface area (Å²) in [6.07, 6.45) is -4.14. The third kappa shape index (κ3) is 6.13. The van der Waals surface area contributed by atoms with Crippen LogP contribution in [0.25, 0.3) is 0 Å². The van der Waals surface area contributed by atoms with E-state index in [2.05, 4.69) is 9.47 Å². The largest absolute Gasteiger partial charge is 0.478 e. The molecule has 0 aromatic heterocycles. The predicted molar refractivity (Wildman–Crippen MR) is 53.1 cm³/mol. The highest BCUT2D eigenvalue weighted by atomic mass is 16.6. The van der Waals surface area contributed by atoms with Crippen LogP contribution < -0.4 is 0 Å². The molecule has 2 atom stereocenters. The van der Waals surface area contributed by atoms with E-state index in [-0.39, 0.29) is 7.43 Å². The minimum Gasteiger partial charge on any atom is -0.478 e. The molecule has 0 aliphatic heterocycles. The highest BCUT2D eigenvalue weighted by molar-refractivity contribution is 5.87. The van der Waals surface area contributed by atoms with Gasteiger partial charge in [-0.05, 0) is 0 Å². The highest BCUT2D eigenvalue weighted by Gasteiger charge is 2.39. The zero-order valence-corrected chi connectivity index (χ0v) is 8.50. The lowest BCUT2D eigenvalue weighted by Gasteiger charge is -2.19. The fourth-order valence-corrected chi connectivity index (χ4v) is 0.841. The summed E-state index contributed by atoms with van der Waals surface area (Å²) in [5.41, 5.74) is 0. The van der Waals surface area contributed by atoms with Crippen LogP contribution in [0.3, 0.4) is 0 Å². The fourth-order valence-electron chi connectivity index (χ4n) is 0.841. The lowest BCUT2D eigenvalue weighted by molar-refractivity contribution is -0.185. The summed E-state index contributed by atoms with van der Waals surface area (Å²) in [6, 6.07) is 0. The Kier molecular flexibility index (Phi) is 7.32. The van der Waals surface area contributed by atoms with Crippen molar-refractivity contribution in [1.29, 1.82) is 0 Å². The number of carbonyl (C=O) groups excluding carboxylic acids is 2. The summed E-state index contributed by atoms with van der Waals surface area (Å²) in [5, 5.41) is 17.2. The maximum atomic E-state index is 10.6. The minimum atomic E-state index is -2.07. The molecule has 0 aliphatic carbocycles. The third-order valence-electron chi connectivity index (χ3n) is 1.35. The molecule has 17 heavy (non-hydrogen) atoms. The molecule has 0 aromatic rings. The van der Waals surface area contributed by atoms with Gasteiger partial charge in [-0.25, -0.2) is 9.59 Å². The van der Waals surface area contributed by atoms with Crippen molar-refractivity contribution in [2.75, 3.05) is 0 Å². The van der Waals surface area contributed by atoms with Crippen LogP contribution in [0.1, 0.15) is 21.3 Å². The van der Waals surface area contributed by atoms with Crippen LogP contribution in [0.5, 0.6) is 0 Å². The number of rotatable bonds is 5. The van der Waals surface area contributed by atoms with Gasteiger partial charge in [0.1, 0.15) is 0 Å². The van der Waals surface area contributed by atoms with Gasteiger partial charge in [-0.3, -0.25) is 9.59 Å². The van der Waals surface area contributed by atoms with E-state index in [0.717, 1.165) is 13.8 Å². The maximum Gasteiger partial charge on any atom is 0.349 e. The topological polar surface area (TPSA) is 127 Å². The van der Waals surface area contributed by atoms with Crippen LogP contribution >= 0.6 is 0 Å². The number of carboxylic acid groups (broad SMARTS) is 2. The zero-order chi connectivity index (χ0) is 12.9. The summed E-state index contributed by atoms with van der Waals surface area (Å²) in [5.74, 6) is -5.43. The van der Waals surface area contributed by atoms with Gasteiger partial charge in [0.15, 0.2) is 0 Å². The van der Waals surface area contributed by atoms with E-state index in [4.69, 9.17) is 10.2 Å². The normalized spacial score (nSPS) is 12.6. The van der Waals surface area contributed by atoms with Gasteiger partial charge in [-0.2, -0.15) is 0 Å². The van der Waals surface area contributed by atoms with Gasteiger partial charge in [0.25, 0.3) is 0 Å². The van der Waals surface area contributed by atoms with Gasteiger partial charge < -0.3 is 19.7 Å². The predicted octanol–water partition coefficient (Wildman–Crippen LogP) is -0.345. The van der Waals surface area contributed by atoms with Crippen LogP contribution in [0, 0.1) is 0 Å². The molecule has 0 heterocycles. The highest BCUT2D eigenvalue weighted by Crippen LogP contribution is 2.07. The molecule has 0 radical (unpaired) electrons. The first-order valence-electron chi connectivity index (χ1n) is 4.05. The Morgan fingerprint density at radius 2 is 1.06 bits per heavy atom. The average molecular weight is 250 g/mol. The smallest absolute Gasteiger partial charge is 0.349 e. The molecule has 0 unspecified atom stereocenters. The summed E-state index contributed by atoms with van der Waals surface area (Å²) in [6.45, 7) is 1.81. The van der Waals surface area contributed by atoms with E-state index in [1.807, 2.05) is 0 Å². The van der Waals surface area contributed by atoms with Gasteiger partial charge >= 0.3 is 23.9 Å². The quantitative estimate of drug-likeness (QED) is 0.634. The lowest BCUT2D eigenvalue weighted by Crippen LogP contribution is -2.45. The molecule has 0 spiro atoms. The molecule has 0 aliphatic rings. The summed E-state index contributed by atoms with van der Waals surface area (Å²) in [4.78, 5) is 42.4. The van der Waals surface area contributed by atoms with Crippen LogP contribution in [0.4, 0.5) is 0 Å². The van der Waals surface area contributed by atoms with Crippen LogP contribution in [-0.4, -0.2) is 46.3 Å². The number of aliphatic carboxylic acids is 2. The fraction of sp³-hybridized carbons (Fsp3) is 0.556. The van der Waals surface area contributed by atoms with Crippen molar-refractivity contribution >= 4 is 23.9 Å². The molecule has 0 fully saturated rings. The van der Waals surface area contributed by atoms with Crippen molar-refractivity contribution in [2.45, 2.75) is 33.5 Å². The average Bonchev–Trinajstić information content (AvgIpc) is 2.09. The Hall–Kier alpha value is -2.12. The maximum absolute atomic E-state index is 10.6. The molecular weight excluding hydrogens is 236 g/mol. The number of ether oxygens (including phenoxy) is 2. The van der Waals surface area contributed by atoms with Gasteiger partial charge in [-0.1, -0.05) is 7.43 Å². The van der Waals surface area contributed by atoms with E-state index < -0.39 is 36.1 Å². The van der Waals surface area contributed by atoms with Crippen molar-refractivity contribution in [2.24, 2.45) is 0 Å². The number of carboxylic acids is 2. The second kappa shape index (κ2) is 7.20. The molecule has 0 bridgehead atoms. The summed E-state index contributed by atoms with van der Waals surface area (Å²) < 4.78 is 8.48. The molecule has 0 saturated heterocycles. The first-order valence-corrected chi connectivity index (χ1v) is 4.05. The van der Waals surface area contributed by atoms with Crippen molar-refractivity contribution < 1.29 is 38.9 Å². The number of carbonyl (C=O) groups is 4. The number of esters is 2. The SMILES string of the molecule is C.CC(=O)O[C@@H](C(=O)O)[C@@H](OC(C)=O)C(=O)O. The molecule has 0 saturated carbocycles. The molecule has 2 N–H and O–H groups in total. The second-order valence-corrected chi connectivity index (χ2v) is 2.74. The Morgan fingerprint density at radius 1 is 0.824 bits per heavy atom. The molecule has 0 rings (SSSR count). The van der Waals surface area contributed by atoms with Crippen LogP contribution in [-0.2, 0) is 28.7 Å². The first-order chi connectivity index (χ1) is 7.25. The Balaban J connectivity index is 0. The zero-order valence-electron chi connectivity index (χ0n) is 8.50. The first kappa shape index (κ1) is 17.3. The summed E-state index contributed by atoms with van der Waals surface area (Å²) >= 11 is 0. The van der Waals surface area contributed by atoms with Crippen molar-refractivity contribution in [3.05, 3.63) is 0 Å². The van der Waals surface area contributed by atoms with Gasteiger partial charge in [-0.15, -0.1) is 0 Å². The standard InChI is InChI=1S/C8H10O8.CH4/c1-3(9)15-5(7(11)12)6(8(13)14)16-4(2)10;/h5-6H,1-2H3,(H,11,12)(H,13,14);1H4/t5-,6-;/m1./s1. The van der Waals surface area contributed by atoms with E-state index >= 15 is 0 Å². The van der Waals surface area contributed by atoms with E-state index in [1.54, 1.807) is 0 Å². The van der Waals surface area contributed by atoms with Crippen molar-refractivity contribution in [1.82, 2.24) is 0 Å². The second-order valence-electron chi connectivity index (χ2n) is 2.74. The number of hydrogen-bond donors (Lipinski definition) is 2. The third-order valence-corrected chi connectivity index (χ3v) is 1.35. The molecule has 0 aromatic carbocycles.